The standard InChI is InChI=1S/C14H26N2OS/c1-14(2,3)18-10-13(17)16-9-5-7-12(16)11-6-4-8-15-11/h11-12,15H,4-10H2,1-3H3. The highest BCUT2D eigenvalue weighted by Gasteiger charge is 2.35. The molecular weight excluding hydrogens is 244 g/mol. The molecule has 2 atom stereocenters. The van der Waals surface area contributed by atoms with Crippen LogP contribution >= 0.6 is 11.8 Å². The maximum atomic E-state index is 12.3. The maximum absolute atomic E-state index is 12.3. The molecule has 2 rings (SSSR count). The lowest BCUT2D eigenvalue weighted by atomic mass is 10.0. The summed E-state index contributed by atoms with van der Waals surface area (Å²) < 4.78 is 0.177. The molecule has 3 nitrogen and oxygen atoms in total. The van der Waals surface area contributed by atoms with Crippen molar-refractivity contribution >= 4 is 17.7 Å². The number of likely N-dealkylation sites (tertiary alicyclic amines) is 1. The van der Waals surface area contributed by atoms with E-state index in [0.29, 0.717) is 23.7 Å². The fraction of sp³-hybridized carbons (Fsp3) is 0.929. The summed E-state index contributed by atoms with van der Waals surface area (Å²) in [5.74, 6) is 0.971. The molecule has 0 aromatic rings. The van der Waals surface area contributed by atoms with Gasteiger partial charge in [0.15, 0.2) is 0 Å². The Morgan fingerprint density at radius 3 is 2.72 bits per heavy atom. The zero-order valence-corrected chi connectivity index (χ0v) is 12.7. The second-order valence-corrected chi connectivity index (χ2v) is 8.20. The number of carbonyl (C=O) groups is 1. The molecule has 0 bridgehead atoms. The van der Waals surface area contributed by atoms with Gasteiger partial charge in [-0.2, -0.15) is 0 Å². The van der Waals surface area contributed by atoms with Gasteiger partial charge in [0, 0.05) is 23.4 Å². The Morgan fingerprint density at radius 1 is 1.33 bits per heavy atom. The van der Waals surface area contributed by atoms with Crippen LogP contribution in [-0.2, 0) is 4.79 Å². The zero-order valence-electron chi connectivity index (χ0n) is 11.9. The highest BCUT2D eigenvalue weighted by atomic mass is 32.2. The summed E-state index contributed by atoms with van der Waals surface area (Å²) in [5.41, 5.74) is 0. The fourth-order valence-electron chi connectivity index (χ4n) is 2.92. The molecule has 0 spiro atoms. The minimum atomic E-state index is 0.177. The first-order chi connectivity index (χ1) is 8.47. The smallest absolute Gasteiger partial charge is 0.232 e. The molecule has 2 heterocycles. The van der Waals surface area contributed by atoms with E-state index in [-0.39, 0.29) is 4.75 Å². The molecule has 1 N–H and O–H groups in total. The number of amides is 1. The predicted molar refractivity (Wildman–Crippen MR) is 78.0 cm³/mol. The van der Waals surface area contributed by atoms with E-state index in [1.54, 1.807) is 11.8 Å². The van der Waals surface area contributed by atoms with Crippen LogP contribution in [-0.4, -0.2) is 46.5 Å². The highest BCUT2D eigenvalue weighted by Crippen LogP contribution is 2.28. The van der Waals surface area contributed by atoms with E-state index >= 15 is 0 Å². The molecule has 2 aliphatic rings. The minimum Gasteiger partial charge on any atom is -0.337 e. The summed E-state index contributed by atoms with van der Waals surface area (Å²) in [6.45, 7) is 8.60. The molecule has 1 amide bonds. The summed E-state index contributed by atoms with van der Waals surface area (Å²) in [5, 5.41) is 3.56. The zero-order chi connectivity index (χ0) is 13.2. The van der Waals surface area contributed by atoms with Gasteiger partial charge < -0.3 is 10.2 Å². The molecule has 2 unspecified atom stereocenters. The highest BCUT2D eigenvalue weighted by molar-refractivity contribution is 8.01. The van der Waals surface area contributed by atoms with E-state index in [2.05, 4.69) is 31.0 Å². The van der Waals surface area contributed by atoms with Crippen LogP contribution in [0.5, 0.6) is 0 Å². The van der Waals surface area contributed by atoms with Crippen LogP contribution in [0.25, 0.3) is 0 Å². The van der Waals surface area contributed by atoms with E-state index in [0.717, 1.165) is 13.1 Å². The molecule has 104 valence electrons. The molecule has 0 saturated carbocycles. The second-order valence-electron chi connectivity index (χ2n) is 6.40. The minimum absolute atomic E-state index is 0.177. The third kappa shape index (κ3) is 3.64. The van der Waals surface area contributed by atoms with E-state index in [1.807, 2.05) is 0 Å². The van der Waals surface area contributed by atoms with Crippen molar-refractivity contribution in [3.05, 3.63) is 0 Å². The average Bonchev–Trinajstić information content (AvgIpc) is 2.94. The quantitative estimate of drug-likeness (QED) is 0.854. The molecule has 2 aliphatic heterocycles. The van der Waals surface area contributed by atoms with Crippen LogP contribution in [0, 0.1) is 0 Å². The van der Waals surface area contributed by atoms with Crippen LogP contribution in [0.2, 0.25) is 0 Å². The fourth-order valence-corrected chi connectivity index (χ4v) is 3.64. The molecular formula is C14H26N2OS. The van der Waals surface area contributed by atoms with Gasteiger partial charge in [-0.1, -0.05) is 20.8 Å². The van der Waals surface area contributed by atoms with Gasteiger partial charge in [-0.3, -0.25) is 4.79 Å². The summed E-state index contributed by atoms with van der Waals surface area (Å²) in [4.78, 5) is 14.5. The van der Waals surface area contributed by atoms with Gasteiger partial charge in [-0.05, 0) is 32.2 Å². The summed E-state index contributed by atoms with van der Waals surface area (Å²) in [6, 6.07) is 1.01. The Kier molecular flexibility index (Phi) is 4.59. The Hall–Kier alpha value is -0.220. The number of nitrogens with zero attached hydrogens (tertiary/aromatic N) is 1. The number of carbonyl (C=O) groups excluding carboxylic acids is 1. The Morgan fingerprint density at radius 2 is 2.11 bits per heavy atom. The van der Waals surface area contributed by atoms with E-state index in [1.165, 1.54) is 25.7 Å². The van der Waals surface area contributed by atoms with Crippen molar-refractivity contribution in [2.45, 2.75) is 63.3 Å². The van der Waals surface area contributed by atoms with Gasteiger partial charge in [0.1, 0.15) is 0 Å². The van der Waals surface area contributed by atoms with Crippen molar-refractivity contribution in [2.24, 2.45) is 0 Å². The number of hydrogen-bond donors (Lipinski definition) is 1. The third-order valence-electron chi connectivity index (χ3n) is 3.81. The predicted octanol–water partition coefficient (Wildman–Crippen LogP) is 2.26. The monoisotopic (exact) mass is 270 g/mol. The Balaban J connectivity index is 1.88. The van der Waals surface area contributed by atoms with Gasteiger partial charge in [0.2, 0.25) is 5.91 Å². The molecule has 4 heteroatoms. The van der Waals surface area contributed by atoms with Crippen molar-refractivity contribution < 1.29 is 4.79 Å². The van der Waals surface area contributed by atoms with Gasteiger partial charge >= 0.3 is 0 Å². The van der Waals surface area contributed by atoms with Crippen molar-refractivity contribution in [1.29, 1.82) is 0 Å². The van der Waals surface area contributed by atoms with Gasteiger partial charge in [-0.15, -0.1) is 11.8 Å². The van der Waals surface area contributed by atoms with Crippen LogP contribution in [0.3, 0.4) is 0 Å². The molecule has 18 heavy (non-hydrogen) atoms. The van der Waals surface area contributed by atoms with E-state index in [9.17, 15) is 4.79 Å². The van der Waals surface area contributed by atoms with Gasteiger partial charge in [0.25, 0.3) is 0 Å². The lowest BCUT2D eigenvalue weighted by molar-refractivity contribution is -0.129. The van der Waals surface area contributed by atoms with Gasteiger partial charge in [-0.25, -0.2) is 0 Å². The SMILES string of the molecule is CC(C)(C)SCC(=O)N1CCCC1C1CCCN1. The van der Waals surface area contributed by atoms with Crippen LogP contribution in [0.1, 0.15) is 46.5 Å². The van der Waals surface area contributed by atoms with Crippen molar-refractivity contribution in [1.82, 2.24) is 10.2 Å². The van der Waals surface area contributed by atoms with Crippen LogP contribution in [0.4, 0.5) is 0 Å². The number of nitrogens with one attached hydrogen (secondary N) is 1. The van der Waals surface area contributed by atoms with E-state index < -0.39 is 0 Å². The summed E-state index contributed by atoms with van der Waals surface area (Å²) in [7, 11) is 0. The maximum Gasteiger partial charge on any atom is 0.232 e. The summed E-state index contributed by atoms with van der Waals surface area (Å²) >= 11 is 1.76. The normalized spacial score (nSPS) is 28.9. The molecule has 2 saturated heterocycles. The molecule has 0 aromatic heterocycles. The topological polar surface area (TPSA) is 32.3 Å². The largest absolute Gasteiger partial charge is 0.337 e. The second kappa shape index (κ2) is 5.83. The van der Waals surface area contributed by atoms with Crippen molar-refractivity contribution in [3.8, 4) is 0 Å². The molecule has 0 aliphatic carbocycles. The first-order valence-corrected chi connectivity index (χ1v) is 8.13. The first kappa shape index (κ1) is 14.2. The number of hydrogen-bond acceptors (Lipinski definition) is 3. The van der Waals surface area contributed by atoms with Crippen LogP contribution < -0.4 is 5.32 Å². The van der Waals surface area contributed by atoms with Crippen molar-refractivity contribution in [3.63, 3.8) is 0 Å². The lowest BCUT2D eigenvalue weighted by Crippen LogP contribution is -2.47. The Bertz CT molecular complexity index is 295. The van der Waals surface area contributed by atoms with Crippen molar-refractivity contribution in [2.75, 3.05) is 18.8 Å². The average molecular weight is 270 g/mol. The molecule has 0 aromatic carbocycles. The number of thioether (sulfide) groups is 1. The lowest BCUT2D eigenvalue weighted by Gasteiger charge is -2.30. The number of rotatable bonds is 3. The van der Waals surface area contributed by atoms with E-state index in [4.69, 9.17) is 0 Å². The first-order valence-electron chi connectivity index (χ1n) is 7.14. The molecule has 0 radical (unpaired) electrons. The third-order valence-corrected chi connectivity index (χ3v) is 5.07. The van der Waals surface area contributed by atoms with Crippen LogP contribution in [0.15, 0.2) is 0 Å². The summed E-state index contributed by atoms with van der Waals surface area (Å²) in [6.07, 6.45) is 4.86. The van der Waals surface area contributed by atoms with Gasteiger partial charge in [0.05, 0.1) is 5.75 Å². The Labute approximate surface area is 115 Å². The molecule has 2 fully saturated rings.